The van der Waals surface area contributed by atoms with E-state index in [0.29, 0.717) is 0 Å². The molecule has 0 radical (unpaired) electrons. The van der Waals surface area contributed by atoms with E-state index in [1.54, 1.807) is 13.8 Å². The van der Waals surface area contributed by atoms with Crippen molar-refractivity contribution in [3.63, 3.8) is 0 Å². The fraction of sp³-hybridized carbons (Fsp3) is 0.167. The van der Waals surface area contributed by atoms with Gasteiger partial charge in [-0.3, -0.25) is 0 Å². The van der Waals surface area contributed by atoms with Crippen molar-refractivity contribution in [2.75, 3.05) is 0 Å². The van der Waals surface area contributed by atoms with E-state index in [1.807, 2.05) is 30.3 Å². The Morgan fingerprint density at radius 1 is 1.18 bits per heavy atom. The van der Waals surface area contributed by atoms with Crippen LogP contribution >= 0.6 is 0 Å². The molecule has 2 aromatic carbocycles. The third kappa shape index (κ3) is 4.10. The molecule has 0 heterocycles. The first-order chi connectivity index (χ1) is 10.4. The van der Waals surface area contributed by atoms with Crippen molar-refractivity contribution in [1.29, 1.82) is 0 Å². The van der Waals surface area contributed by atoms with Gasteiger partial charge in [0.15, 0.2) is 17.2 Å². The molecule has 0 aliphatic heterocycles. The number of carbonyl (C=O) groups excluding carboxylic acids is 1. The number of halogens is 1. The van der Waals surface area contributed by atoms with Crippen molar-refractivity contribution in [3.8, 4) is 17.6 Å². The van der Waals surface area contributed by atoms with Crippen molar-refractivity contribution in [1.82, 2.24) is 0 Å². The predicted molar refractivity (Wildman–Crippen MR) is 78.8 cm³/mol. The molecule has 22 heavy (non-hydrogen) atoms. The summed E-state index contributed by atoms with van der Waals surface area (Å²) in [6.07, 6.45) is 0. The second-order valence-corrected chi connectivity index (χ2v) is 5.16. The van der Waals surface area contributed by atoms with Crippen molar-refractivity contribution in [2.45, 2.75) is 19.4 Å². The van der Waals surface area contributed by atoms with E-state index < -0.39 is 17.4 Å². The quantitative estimate of drug-likeness (QED) is 0.817. The van der Waals surface area contributed by atoms with Crippen LogP contribution in [0.1, 0.15) is 29.8 Å². The van der Waals surface area contributed by atoms with Gasteiger partial charge in [0.1, 0.15) is 0 Å². The third-order valence-corrected chi connectivity index (χ3v) is 2.81. The Bertz CT molecular complexity index is 740. The van der Waals surface area contributed by atoms with Crippen molar-refractivity contribution < 1.29 is 19.0 Å². The summed E-state index contributed by atoms with van der Waals surface area (Å²) in [5, 5.41) is 10.8. The van der Waals surface area contributed by atoms with Gasteiger partial charge in [0.05, 0.1) is 5.97 Å². The summed E-state index contributed by atoms with van der Waals surface area (Å²) < 4.78 is 19.2. The van der Waals surface area contributed by atoms with Gasteiger partial charge in [-0.05, 0) is 44.2 Å². The highest BCUT2D eigenvalue weighted by Gasteiger charge is 2.19. The summed E-state index contributed by atoms with van der Waals surface area (Å²) >= 11 is 0. The molecular formula is C18H14FO3-. The molecule has 0 fully saturated rings. The van der Waals surface area contributed by atoms with Gasteiger partial charge in [0.25, 0.3) is 0 Å². The molecule has 0 aromatic heterocycles. The second kappa shape index (κ2) is 6.31. The average Bonchev–Trinajstić information content (AvgIpc) is 2.48. The van der Waals surface area contributed by atoms with E-state index in [9.17, 15) is 14.3 Å². The van der Waals surface area contributed by atoms with Crippen LogP contribution in [0.15, 0.2) is 48.5 Å². The molecule has 0 aliphatic carbocycles. The fourth-order valence-corrected chi connectivity index (χ4v) is 1.75. The summed E-state index contributed by atoms with van der Waals surface area (Å²) in [6, 6.07) is 12.5. The van der Waals surface area contributed by atoms with Crippen LogP contribution in [-0.4, -0.2) is 11.6 Å². The lowest BCUT2D eigenvalue weighted by Gasteiger charge is -2.21. The zero-order valence-corrected chi connectivity index (χ0v) is 12.2. The highest BCUT2D eigenvalue weighted by Crippen LogP contribution is 2.23. The fourth-order valence-electron chi connectivity index (χ4n) is 1.75. The van der Waals surface area contributed by atoms with Gasteiger partial charge in [-0.2, -0.15) is 0 Å². The molecule has 4 heteroatoms. The Hall–Kier alpha value is -2.80. The Morgan fingerprint density at radius 2 is 1.86 bits per heavy atom. The molecule has 0 saturated carbocycles. The van der Waals surface area contributed by atoms with Gasteiger partial charge in [-0.25, -0.2) is 4.39 Å². The van der Waals surface area contributed by atoms with Crippen LogP contribution in [0.3, 0.4) is 0 Å². The van der Waals surface area contributed by atoms with Crippen LogP contribution in [0.25, 0.3) is 0 Å². The van der Waals surface area contributed by atoms with Crippen LogP contribution < -0.4 is 9.84 Å². The highest BCUT2D eigenvalue weighted by atomic mass is 19.1. The summed E-state index contributed by atoms with van der Waals surface area (Å²) in [5.74, 6) is 3.62. The van der Waals surface area contributed by atoms with Gasteiger partial charge < -0.3 is 14.6 Å². The highest BCUT2D eigenvalue weighted by molar-refractivity contribution is 5.86. The Balaban J connectivity index is 2.24. The lowest BCUT2D eigenvalue weighted by atomic mass is 10.1. The minimum Gasteiger partial charge on any atom is -0.545 e. The molecule has 0 N–H and O–H groups in total. The van der Waals surface area contributed by atoms with Gasteiger partial charge in [-0.1, -0.05) is 30.0 Å². The first kappa shape index (κ1) is 15.6. The first-order valence-electron chi connectivity index (χ1n) is 6.65. The molecule has 0 unspecified atom stereocenters. The average molecular weight is 297 g/mol. The number of rotatable bonds is 3. The molecule has 0 bridgehead atoms. The standard InChI is InChI=1S/C18H15FO3/c1-18(2,11-10-13-6-4-3-5-7-13)22-16-12-14(17(20)21)8-9-15(16)19/h3-9,12H,1-2H3,(H,20,21)/p-1. The zero-order valence-electron chi connectivity index (χ0n) is 12.2. The van der Waals surface area contributed by atoms with Crippen molar-refractivity contribution >= 4 is 5.97 Å². The van der Waals surface area contributed by atoms with E-state index in [4.69, 9.17) is 4.74 Å². The topological polar surface area (TPSA) is 49.4 Å². The number of aromatic carboxylic acids is 1. The number of hydrogen-bond donors (Lipinski definition) is 0. The second-order valence-electron chi connectivity index (χ2n) is 5.16. The first-order valence-corrected chi connectivity index (χ1v) is 6.65. The maximum atomic E-state index is 13.7. The van der Waals surface area contributed by atoms with Gasteiger partial charge >= 0.3 is 0 Å². The van der Waals surface area contributed by atoms with Crippen LogP contribution in [-0.2, 0) is 0 Å². The van der Waals surface area contributed by atoms with Crippen LogP contribution in [0, 0.1) is 17.7 Å². The van der Waals surface area contributed by atoms with Crippen LogP contribution in [0.5, 0.6) is 5.75 Å². The monoisotopic (exact) mass is 297 g/mol. The normalized spacial score (nSPS) is 10.5. The van der Waals surface area contributed by atoms with Gasteiger partial charge in [0, 0.05) is 11.1 Å². The van der Waals surface area contributed by atoms with Crippen molar-refractivity contribution in [2.24, 2.45) is 0 Å². The molecular weight excluding hydrogens is 283 g/mol. The third-order valence-electron chi connectivity index (χ3n) is 2.81. The molecule has 0 amide bonds. The number of benzene rings is 2. The lowest BCUT2D eigenvalue weighted by Crippen LogP contribution is -2.27. The van der Waals surface area contributed by atoms with E-state index in [0.717, 1.165) is 23.8 Å². The molecule has 2 aromatic rings. The van der Waals surface area contributed by atoms with Crippen LogP contribution in [0.2, 0.25) is 0 Å². The van der Waals surface area contributed by atoms with Crippen molar-refractivity contribution in [3.05, 3.63) is 65.5 Å². The minimum absolute atomic E-state index is 0.150. The molecule has 0 atom stereocenters. The van der Waals surface area contributed by atoms with E-state index in [-0.39, 0.29) is 11.3 Å². The Kier molecular flexibility index (Phi) is 4.47. The number of carboxylic acids is 1. The molecule has 0 aliphatic rings. The SMILES string of the molecule is CC(C)(C#Cc1ccccc1)Oc1cc(C(=O)[O-])ccc1F. The van der Waals surface area contributed by atoms with E-state index in [2.05, 4.69) is 11.8 Å². The number of carbonyl (C=O) groups is 1. The van der Waals surface area contributed by atoms with Crippen LogP contribution in [0.4, 0.5) is 4.39 Å². The predicted octanol–water partition coefficient (Wildman–Crippen LogP) is 2.40. The summed E-state index contributed by atoms with van der Waals surface area (Å²) in [5.41, 5.74) is -0.326. The molecule has 112 valence electrons. The minimum atomic E-state index is -1.39. The van der Waals surface area contributed by atoms with Gasteiger partial charge in [-0.15, -0.1) is 0 Å². The lowest BCUT2D eigenvalue weighted by molar-refractivity contribution is -0.255. The number of hydrogen-bond acceptors (Lipinski definition) is 3. The smallest absolute Gasteiger partial charge is 0.165 e. The Labute approximate surface area is 128 Å². The van der Waals surface area contributed by atoms with Gasteiger partial charge in [0.2, 0.25) is 0 Å². The molecule has 0 spiro atoms. The number of carboxylic acid groups (broad SMARTS) is 1. The Morgan fingerprint density at radius 3 is 2.50 bits per heavy atom. The van der Waals surface area contributed by atoms with E-state index in [1.165, 1.54) is 0 Å². The summed E-state index contributed by atoms with van der Waals surface area (Å²) in [6.45, 7) is 3.35. The summed E-state index contributed by atoms with van der Waals surface area (Å²) in [7, 11) is 0. The molecule has 3 nitrogen and oxygen atoms in total. The maximum absolute atomic E-state index is 13.7. The molecule has 0 saturated heterocycles. The summed E-state index contributed by atoms with van der Waals surface area (Å²) in [4.78, 5) is 10.8. The molecule has 2 rings (SSSR count). The zero-order chi connectivity index (χ0) is 16.2. The largest absolute Gasteiger partial charge is 0.545 e. The number of ether oxygens (including phenoxy) is 1. The maximum Gasteiger partial charge on any atom is 0.165 e. The van der Waals surface area contributed by atoms with E-state index >= 15 is 0 Å².